The predicted octanol–water partition coefficient (Wildman–Crippen LogP) is 17.0. The van der Waals surface area contributed by atoms with Crippen molar-refractivity contribution in [2.45, 2.75) is 0 Å². The maximum absolute atomic E-state index is 2.42. The number of nitrogens with zero attached hydrogens (tertiary/aromatic N) is 1. The van der Waals surface area contributed by atoms with E-state index in [0.29, 0.717) is 0 Å². The second-order valence-electron chi connectivity index (χ2n) is 15.3. The summed E-state index contributed by atoms with van der Waals surface area (Å²) in [6.45, 7) is 0. The summed E-state index contributed by atoms with van der Waals surface area (Å²) >= 11 is 1.86. The highest BCUT2D eigenvalue weighted by atomic mass is 32.1. The maximum Gasteiger partial charge on any atom is 0.0540 e. The molecule has 2 heteroatoms. The van der Waals surface area contributed by atoms with E-state index in [9.17, 15) is 0 Å². The molecule has 1 nitrogen and oxygen atoms in total. The first-order chi connectivity index (χ1) is 29.7. The third-order valence-corrected chi connectivity index (χ3v) is 12.8. The molecule has 60 heavy (non-hydrogen) atoms. The molecule has 0 radical (unpaired) electrons. The summed E-state index contributed by atoms with van der Waals surface area (Å²) in [4.78, 5) is 2.42. The van der Waals surface area contributed by atoms with Crippen LogP contribution in [-0.4, -0.2) is 0 Å². The molecule has 0 spiro atoms. The quantitative estimate of drug-likeness (QED) is 0.148. The van der Waals surface area contributed by atoms with E-state index in [2.05, 4.69) is 241 Å². The van der Waals surface area contributed by atoms with Crippen molar-refractivity contribution in [2.24, 2.45) is 0 Å². The number of rotatable bonds is 8. The lowest BCUT2D eigenvalue weighted by Gasteiger charge is -2.28. The van der Waals surface area contributed by atoms with Gasteiger partial charge in [-0.1, -0.05) is 188 Å². The monoisotopic (exact) mass is 781 g/mol. The Morgan fingerprint density at radius 1 is 0.283 bits per heavy atom. The number of hydrogen-bond acceptors (Lipinski definition) is 2. The number of anilines is 3. The first kappa shape index (κ1) is 35.6. The van der Waals surface area contributed by atoms with Crippen LogP contribution in [0.25, 0.3) is 86.6 Å². The zero-order chi connectivity index (χ0) is 39.8. The molecule has 0 saturated heterocycles. The van der Waals surface area contributed by atoms with Gasteiger partial charge >= 0.3 is 0 Å². The Morgan fingerprint density at radius 2 is 0.767 bits per heavy atom. The molecule has 0 bridgehead atoms. The lowest BCUT2D eigenvalue weighted by molar-refractivity contribution is 1.28. The van der Waals surface area contributed by atoms with Crippen LogP contribution in [0.2, 0.25) is 0 Å². The van der Waals surface area contributed by atoms with Crippen molar-refractivity contribution in [3.63, 3.8) is 0 Å². The fourth-order valence-electron chi connectivity index (χ4n) is 8.74. The van der Waals surface area contributed by atoms with E-state index < -0.39 is 0 Å². The van der Waals surface area contributed by atoms with E-state index in [1.807, 2.05) is 11.3 Å². The van der Waals surface area contributed by atoms with Gasteiger partial charge in [0.1, 0.15) is 0 Å². The molecule has 0 aliphatic carbocycles. The molecule has 0 aliphatic rings. The Bertz CT molecular complexity index is 3290. The molecular weight excluding hydrogens is 743 g/mol. The molecule has 0 saturated carbocycles. The van der Waals surface area contributed by atoms with Gasteiger partial charge in [-0.25, -0.2) is 0 Å². The zero-order valence-electron chi connectivity index (χ0n) is 32.9. The second-order valence-corrected chi connectivity index (χ2v) is 16.4. The fraction of sp³-hybridized carbons (Fsp3) is 0. The molecule has 0 aliphatic heterocycles. The van der Waals surface area contributed by atoms with Crippen molar-refractivity contribution < 1.29 is 0 Å². The average Bonchev–Trinajstić information content (AvgIpc) is 3.72. The smallest absolute Gasteiger partial charge is 0.0540 e. The van der Waals surface area contributed by atoms with Crippen molar-refractivity contribution in [3.8, 4) is 55.6 Å². The molecule has 1 aromatic heterocycles. The van der Waals surface area contributed by atoms with Gasteiger partial charge in [0.2, 0.25) is 0 Å². The van der Waals surface area contributed by atoms with Crippen molar-refractivity contribution in [2.75, 3.05) is 4.90 Å². The molecule has 0 amide bonds. The first-order valence-corrected chi connectivity index (χ1v) is 21.3. The van der Waals surface area contributed by atoms with Crippen LogP contribution in [0.4, 0.5) is 17.1 Å². The van der Waals surface area contributed by atoms with Crippen molar-refractivity contribution >= 4 is 59.3 Å². The number of benzene rings is 10. The van der Waals surface area contributed by atoms with Gasteiger partial charge in [-0.3, -0.25) is 0 Å². The van der Waals surface area contributed by atoms with Gasteiger partial charge in [-0.15, -0.1) is 11.3 Å². The molecule has 11 rings (SSSR count). The highest BCUT2D eigenvalue weighted by molar-refractivity contribution is 7.25. The minimum Gasteiger partial charge on any atom is -0.310 e. The largest absolute Gasteiger partial charge is 0.310 e. The topological polar surface area (TPSA) is 3.24 Å². The van der Waals surface area contributed by atoms with Crippen LogP contribution >= 0.6 is 11.3 Å². The number of para-hydroxylation sites is 1. The van der Waals surface area contributed by atoms with Crippen molar-refractivity contribution in [1.29, 1.82) is 0 Å². The Hall–Kier alpha value is -7.52. The molecule has 0 N–H and O–H groups in total. The highest BCUT2D eigenvalue weighted by Gasteiger charge is 2.20. The van der Waals surface area contributed by atoms with E-state index in [4.69, 9.17) is 0 Å². The standard InChI is InChI=1S/C58H39NS/c1-2-13-40(14-3-1)42-25-27-43(28-26-42)44-31-35-48(36-32-44)59(55-22-10-8-19-52(55)53-21-12-24-57-58(53)54-20-9-11-23-56(54)60-57)49-37-33-45(34-38-49)50-17-6-7-18-51(50)47-30-29-41-15-4-5-16-46(41)39-47/h1-39H. The molecule has 0 fully saturated rings. The molecule has 11 aromatic rings. The molecule has 0 unspecified atom stereocenters. The summed E-state index contributed by atoms with van der Waals surface area (Å²) in [5.74, 6) is 0. The van der Waals surface area contributed by atoms with E-state index >= 15 is 0 Å². The van der Waals surface area contributed by atoms with Gasteiger partial charge in [0, 0.05) is 37.1 Å². The van der Waals surface area contributed by atoms with Crippen LogP contribution in [-0.2, 0) is 0 Å². The minimum atomic E-state index is 1.09. The maximum atomic E-state index is 2.42. The number of hydrogen-bond donors (Lipinski definition) is 0. The summed E-state index contributed by atoms with van der Waals surface area (Å²) in [6, 6.07) is 86.1. The van der Waals surface area contributed by atoms with Gasteiger partial charge in [0.25, 0.3) is 0 Å². The summed E-state index contributed by atoms with van der Waals surface area (Å²) in [6.07, 6.45) is 0. The van der Waals surface area contributed by atoms with E-state index in [0.717, 1.165) is 17.1 Å². The lowest BCUT2D eigenvalue weighted by Crippen LogP contribution is -2.11. The van der Waals surface area contributed by atoms with E-state index in [-0.39, 0.29) is 0 Å². The number of fused-ring (bicyclic) bond motifs is 4. The van der Waals surface area contributed by atoms with Crippen LogP contribution in [0.15, 0.2) is 237 Å². The van der Waals surface area contributed by atoms with Gasteiger partial charge in [0.05, 0.1) is 5.69 Å². The Kier molecular flexibility index (Phi) is 9.11. The SMILES string of the molecule is c1ccc(-c2ccc(-c3ccc(N(c4ccc(-c5ccccc5-c5ccc6ccccc6c5)cc4)c4ccccc4-c4cccc5sc6ccccc6c45)cc3)cc2)cc1. The summed E-state index contributed by atoms with van der Waals surface area (Å²) in [5, 5.41) is 5.10. The second kappa shape index (κ2) is 15.3. The van der Waals surface area contributed by atoms with Gasteiger partial charge in [-0.05, 0) is 109 Å². The van der Waals surface area contributed by atoms with Gasteiger partial charge < -0.3 is 4.90 Å². The Balaban J connectivity index is 1.02. The van der Waals surface area contributed by atoms with Crippen molar-refractivity contribution in [1.82, 2.24) is 0 Å². The van der Waals surface area contributed by atoms with Crippen LogP contribution in [0.5, 0.6) is 0 Å². The van der Waals surface area contributed by atoms with E-state index in [1.165, 1.54) is 86.6 Å². The normalized spacial score (nSPS) is 11.3. The molecule has 1 heterocycles. The zero-order valence-corrected chi connectivity index (χ0v) is 33.7. The van der Waals surface area contributed by atoms with Gasteiger partial charge in [-0.2, -0.15) is 0 Å². The molecule has 282 valence electrons. The Morgan fingerprint density at radius 3 is 1.48 bits per heavy atom. The predicted molar refractivity (Wildman–Crippen MR) is 259 cm³/mol. The lowest BCUT2D eigenvalue weighted by atomic mass is 9.93. The minimum absolute atomic E-state index is 1.09. The van der Waals surface area contributed by atoms with Gasteiger partial charge in [0.15, 0.2) is 0 Å². The average molecular weight is 782 g/mol. The third-order valence-electron chi connectivity index (χ3n) is 11.7. The summed E-state index contributed by atoms with van der Waals surface area (Å²) in [5.41, 5.74) is 15.4. The molecular formula is C58H39NS. The van der Waals surface area contributed by atoms with E-state index in [1.54, 1.807) is 0 Å². The first-order valence-electron chi connectivity index (χ1n) is 20.5. The fourth-order valence-corrected chi connectivity index (χ4v) is 9.88. The summed E-state index contributed by atoms with van der Waals surface area (Å²) in [7, 11) is 0. The molecule has 10 aromatic carbocycles. The van der Waals surface area contributed by atoms with Crippen LogP contribution < -0.4 is 4.90 Å². The summed E-state index contributed by atoms with van der Waals surface area (Å²) < 4.78 is 2.60. The Labute approximate surface area is 354 Å². The van der Waals surface area contributed by atoms with Crippen molar-refractivity contribution in [3.05, 3.63) is 237 Å². The highest BCUT2D eigenvalue weighted by Crippen LogP contribution is 2.46. The van der Waals surface area contributed by atoms with Crippen LogP contribution in [0.3, 0.4) is 0 Å². The van der Waals surface area contributed by atoms with Crippen LogP contribution in [0.1, 0.15) is 0 Å². The number of thiophene rings is 1. The van der Waals surface area contributed by atoms with Crippen LogP contribution in [0, 0.1) is 0 Å². The third kappa shape index (κ3) is 6.54. The molecule has 0 atom stereocenters.